The van der Waals surface area contributed by atoms with Crippen molar-refractivity contribution < 1.29 is 24.3 Å². The van der Waals surface area contributed by atoms with Crippen LogP contribution in [0.5, 0.6) is 0 Å². The van der Waals surface area contributed by atoms with Gasteiger partial charge in [0, 0.05) is 35.8 Å². The van der Waals surface area contributed by atoms with E-state index in [1.165, 1.54) is 4.90 Å². The van der Waals surface area contributed by atoms with E-state index in [2.05, 4.69) is 28.2 Å². The zero-order valence-electron chi connectivity index (χ0n) is 20.6. The smallest absolute Gasteiger partial charge is 0.326 e. The van der Waals surface area contributed by atoms with Crippen LogP contribution in [0, 0.1) is 5.92 Å². The number of carboxylic acids is 1. The van der Waals surface area contributed by atoms with E-state index in [-0.39, 0.29) is 24.5 Å². The predicted octanol–water partition coefficient (Wildman–Crippen LogP) is 1.06. The summed E-state index contributed by atoms with van der Waals surface area (Å²) in [5.74, 6) is -2.35. The van der Waals surface area contributed by atoms with Crippen molar-refractivity contribution in [2.24, 2.45) is 11.7 Å². The summed E-state index contributed by atoms with van der Waals surface area (Å²) in [6.07, 6.45) is 3.28. The SMILES string of the molecule is CC(C)CC(NC(=O)C1CCCN1C(=O)C(Cc1c[nH]c2ccccc12)NC(=O)C(N)CS)C(=O)O. The summed E-state index contributed by atoms with van der Waals surface area (Å²) in [4.78, 5) is 55.6. The molecule has 0 radical (unpaired) electrons. The van der Waals surface area contributed by atoms with Crippen LogP contribution in [-0.4, -0.2) is 75.1 Å². The lowest BCUT2D eigenvalue weighted by atomic mass is 10.0. The van der Waals surface area contributed by atoms with E-state index in [1.807, 2.05) is 38.1 Å². The molecule has 11 heteroatoms. The standard InChI is InChI=1S/C25H35N5O5S/c1-14(2)10-20(25(34)35)29-23(32)21-8-5-9-30(21)24(33)19(28-22(31)17(26)13-36)11-15-12-27-18-7-4-3-6-16(15)18/h3-4,6-7,12,14,17,19-21,27,36H,5,8-11,13,26H2,1-2H3,(H,28,31)(H,29,32)(H,34,35). The molecule has 6 N–H and O–H groups in total. The van der Waals surface area contributed by atoms with Crippen LogP contribution >= 0.6 is 12.6 Å². The zero-order valence-corrected chi connectivity index (χ0v) is 21.5. The summed E-state index contributed by atoms with van der Waals surface area (Å²) in [5.41, 5.74) is 7.58. The molecule has 0 saturated carbocycles. The van der Waals surface area contributed by atoms with Crippen molar-refractivity contribution in [1.82, 2.24) is 20.5 Å². The van der Waals surface area contributed by atoms with Gasteiger partial charge in [-0.2, -0.15) is 12.6 Å². The Morgan fingerprint density at radius 1 is 1.19 bits per heavy atom. The maximum absolute atomic E-state index is 13.7. The normalized spacial score (nSPS) is 18.1. The second-order valence-electron chi connectivity index (χ2n) is 9.63. The highest BCUT2D eigenvalue weighted by Gasteiger charge is 2.39. The molecule has 1 aliphatic heterocycles. The summed E-state index contributed by atoms with van der Waals surface area (Å²) >= 11 is 4.08. The molecule has 1 aliphatic rings. The topological polar surface area (TPSA) is 158 Å². The minimum Gasteiger partial charge on any atom is -0.480 e. The third-order valence-electron chi connectivity index (χ3n) is 6.41. The van der Waals surface area contributed by atoms with Gasteiger partial charge in [-0.3, -0.25) is 14.4 Å². The van der Waals surface area contributed by atoms with Gasteiger partial charge in [-0.15, -0.1) is 0 Å². The highest BCUT2D eigenvalue weighted by atomic mass is 32.1. The molecule has 2 heterocycles. The first-order chi connectivity index (χ1) is 17.1. The number of rotatable bonds is 11. The highest BCUT2D eigenvalue weighted by molar-refractivity contribution is 7.80. The fraction of sp³-hybridized carbons (Fsp3) is 0.520. The minimum absolute atomic E-state index is 0.0690. The molecule has 36 heavy (non-hydrogen) atoms. The van der Waals surface area contributed by atoms with E-state index in [1.54, 1.807) is 6.20 Å². The van der Waals surface area contributed by atoms with Gasteiger partial charge in [0.05, 0.1) is 6.04 Å². The van der Waals surface area contributed by atoms with Gasteiger partial charge in [0.2, 0.25) is 17.7 Å². The number of nitrogens with one attached hydrogen (secondary N) is 3. The largest absolute Gasteiger partial charge is 0.480 e. The number of nitrogens with two attached hydrogens (primary N) is 1. The van der Waals surface area contributed by atoms with Crippen LogP contribution in [0.4, 0.5) is 0 Å². The average Bonchev–Trinajstić information content (AvgIpc) is 3.49. The predicted molar refractivity (Wildman–Crippen MR) is 140 cm³/mol. The van der Waals surface area contributed by atoms with Crippen molar-refractivity contribution in [2.75, 3.05) is 12.3 Å². The first kappa shape index (κ1) is 27.5. The maximum atomic E-state index is 13.7. The number of para-hydroxylation sites is 1. The Morgan fingerprint density at radius 3 is 2.58 bits per heavy atom. The number of carbonyl (C=O) groups excluding carboxylic acids is 3. The van der Waals surface area contributed by atoms with E-state index < -0.39 is 47.9 Å². The van der Waals surface area contributed by atoms with Crippen LogP contribution in [0.25, 0.3) is 10.9 Å². The molecule has 1 saturated heterocycles. The molecule has 0 bridgehead atoms. The molecule has 1 fully saturated rings. The monoisotopic (exact) mass is 517 g/mol. The Labute approximate surface area is 215 Å². The van der Waals surface area contributed by atoms with Gasteiger partial charge in [0.15, 0.2) is 0 Å². The summed E-state index contributed by atoms with van der Waals surface area (Å²) in [6, 6.07) is 3.94. The molecule has 4 atom stereocenters. The number of hydrogen-bond acceptors (Lipinski definition) is 6. The van der Waals surface area contributed by atoms with Gasteiger partial charge in [-0.1, -0.05) is 32.0 Å². The van der Waals surface area contributed by atoms with Gasteiger partial charge < -0.3 is 31.4 Å². The quantitative estimate of drug-likeness (QED) is 0.245. The number of carbonyl (C=O) groups is 4. The van der Waals surface area contributed by atoms with Crippen molar-refractivity contribution in [3.63, 3.8) is 0 Å². The van der Waals surface area contributed by atoms with Crippen LogP contribution in [0.15, 0.2) is 30.5 Å². The average molecular weight is 518 g/mol. The molecule has 1 aromatic carbocycles. The van der Waals surface area contributed by atoms with Gasteiger partial charge in [0.25, 0.3) is 0 Å². The summed E-state index contributed by atoms with van der Waals surface area (Å²) < 4.78 is 0. The number of aromatic nitrogens is 1. The Kier molecular flexibility index (Phi) is 9.38. The van der Waals surface area contributed by atoms with Crippen LogP contribution in [0.2, 0.25) is 0 Å². The van der Waals surface area contributed by atoms with Crippen LogP contribution < -0.4 is 16.4 Å². The summed E-state index contributed by atoms with van der Waals surface area (Å²) in [5, 5.41) is 15.8. The second-order valence-corrected chi connectivity index (χ2v) is 10.00. The van der Waals surface area contributed by atoms with E-state index in [4.69, 9.17) is 5.73 Å². The molecule has 0 spiro atoms. The second kappa shape index (κ2) is 12.3. The Balaban J connectivity index is 1.82. The number of thiol groups is 1. The number of nitrogens with zero attached hydrogens (tertiary/aromatic N) is 1. The third kappa shape index (κ3) is 6.58. The van der Waals surface area contributed by atoms with E-state index >= 15 is 0 Å². The summed E-state index contributed by atoms with van der Waals surface area (Å²) in [6.45, 7) is 4.08. The number of amides is 3. The first-order valence-corrected chi connectivity index (χ1v) is 12.8. The van der Waals surface area contributed by atoms with Crippen LogP contribution in [0.1, 0.15) is 38.7 Å². The van der Waals surface area contributed by atoms with Crippen LogP contribution in [-0.2, 0) is 25.6 Å². The Bertz CT molecular complexity index is 1100. The number of H-pyrrole nitrogens is 1. The highest BCUT2D eigenvalue weighted by Crippen LogP contribution is 2.23. The number of benzene rings is 1. The maximum Gasteiger partial charge on any atom is 0.326 e. The van der Waals surface area contributed by atoms with Crippen molar-refractivity contribution in [3.05, 3.63) is 36.0 Å². The minimum atomic E-state index is -1.11. The lowest BCUT2D eigenvalue weighted by Crippen LogP contribution is -2.57. The number of aromatic amines is 1. The molecule has 2 aromatic rings. The number of fused-ring (bicyclic) bond motifs is 1. The van der Waals surface area contributed by atoms with E-state index in [0.29, 0.717) is 19.4 Å². The first-order valence-electron chi connectivity index (χ1n) is 12.2. The molecule has 4 unspecified atom stereocenters. The van der Waals surface area contributed by atoms with E-state index in [9.17, 15) is 24.3 Å². The number of carboxylic acid groups (broad SMARTS) is 1. The summed E-state index contributed by atoms with van der Waals surface area (Å²) in [7, 11) is 0. The van der Waals surface area contributed by atoms with Crippen molar-refractivity contribution in [1.29, 1.82) is 0 Å². The Hall–Kier alpha value is -3.05. The van der Waals surface area contributed by atoms with Crippen molar-refractivity contribution in [3.8, 4) is 0 Å². The van der Waals surface area contributed by atoms with Gasteiger partial charge in [0.1, 0.15) is 18.1 Å². The molecular weight excluding hydrogens is 482 g/mol. The molecule has 196 valence electrons. The zero-order chi connectivity index (χ0) is 26.4. The fourth-order valence-electron chi connectivity index (χ4n) is 4.55. The van der Waals surface area contributed by atoms with Crippen molar-refractivity contribution >= 4 is 47.2 Å². The van der Waals surface area contributed by atoms with E-state index in [0.717, 1.165) is 16.5 Å². The fourth-order valence-corrected chi connectivity index (χ4v) is 4.71. The van der Waals surface area contributed by atoms with Gasteiger partial charge in [-0.25, -0.2) is 4.79 Å². The molecule has 3 amide bonds. The number of likely N-dealkylation sites (tertiary alicyclic amines) is 1. The Morgan fingerprint density at radius 2 is 1.92 bits per heavy atom. The van der Waals surface area contributed by atoms with Crippen LogP contribution in [0.3, 0.4) is 0 Å². The van der Waals surface area contributed by atoms with Gasteiger partial charge in [-0.05, 0) is 36.8 Å². The number of aliphatic carboxylic acids is 1. The molecular formula is C25H35N5O5S. The van der Waals surface area contributed by atoms with Gasteiger partial charge >= 0.3 is 5.97 Å². The lowest BCUT2D eigenvalue weighted by Gasteiger charge is -2.30. The molecule has 1 aromatic heterocycles. The molecule has 10 nitrogen and oxygen atoms in total. The van der Waals surface area contributed by atoms with Crippen molar-refractivity contribution in [2.45, 2.75) is 63.7 Å². The molecule has 3 rings (SSSR count). The molecule has 0 aliphatic carbocycles. The number of hydrogen-bond donors (Lipinski definition) is 6. The lowest BCUT2D eigenvalue weighted by molar-refractivity contribution is -0.145. The third-order valence-corrected chi connectivity index (χ3v) is 6.80.